The molecule has 6 nitrogen and oxygen atoms in total. The Bertz CT molecular complexity index is 476. The fraction of sp³-hybridized carbons (Fsp3) is 0.667. The van der Waals surface area contributed by atoms with Crippen LogP contribution < -0.4 is 0 Å². The fourth-order valence-electron chi connectivity index (χ4n) is 3.06. The lowest BCUT2D eigenvalue weighted by atomic mass is 10.0. The molecule has 2 aliphatic heterocycles. The monoisotopic (exact) mass is 294 g/mol. The average Bonchev–Trinajstić information content (AvgIpc) is 2.87. The molecule has 1 aromatic rings. The number of hydrogen-bond donors (Lipinski definition) is 0. The molecule has 1 aromatic heterocycles. The van der Waals surface area contributed by atoms with Gasteiger partial charge in [0, 0.05) is 38.7 Å². The van der Waals surface area contributed by atoms with E-state index in [4.69, 9.17) is 13.9 Å². The van der Waals surface area contributed by atoms with Crippen molar-refractivity contribution in [3.05, 3.63) is 24.2 Å². The summed E-state index contributed by atoms with van der Waals surface area (Å²) in [5.41, 5.74) is 0.745. The first-order valence-corrected chi connectivity index (χ1v) is 7.38. The van der Waals surface area contributed by atoms with Crippen LogP contribution in [-0.2, 0) is 20.8 Å². The van der Waals surface area contributed by atoms with Gasteiger partial charge < -0.3 is 18.8 Å². The molecule has 1 spiro atoms. The van der Waals surface area contributed by atoms with Gasteiger partial charge in [0.15, 0.2) is 0 Å². The van der Waals surface area contributed by atoms with E-state index in [2.05, 4.69) is 4.90 Å². The van der Waals surface area contributed by atoms with Crippen molar-refractivity contribution < 1.29 is 18.7 Å². The highest BCUT2D eigenvalue weighted by Gasteiger charge is 2.40. The van der Waals surface area contributed by atoms with Crippen molar-refractivity contribution in [3.63, 3.8) is 0 Å². The lowest BCUT2D eigenvalue weighted by Crippen LogP contribution is -2.58. The number of hydrogen-bond acceptors (Lipinski definition) is 5. The first-order valence-electron chi connectivity index (χ1n) is 7.38. The number of amides is 1. The molecule has 2 aliphatic rings. The van der Waals surface area contributed by atoms with Gasteiger partial charge in [0.1, 0.15) is 5.60 Å². The van der Waals surface area contributed by atoms with E-state index in [1.807, 2.05) is 11.0 Å². The van der Waals surface area contributed by atoms with Crippen molar-refractivity contribution in [2.75, 3.05) is 46.0 Å². The Morgan fingerprint density at radius 1 is 1.33 bits per heavy atom. The van der Waals surface area contributed by atoms with E-state index in [1.54, 1.807) is 19.5 Å². The van der Waals surface area contributed by atoms with Crippen LogP contribution in [0.25, 0.3) is 0 Å². The largest absolute Gasteiger partial charge is 0.472 e. The smallest absolute Gasteiger partial charge is 0.219 e. The fourth-order valence-corrected chi connectivity index (χ4v) is 3.06. The second-order valence-electron chi connectivity index (χ2n) is 5.87. The molecule has 3 rings (SSSR count). The number of rotatable bonds is 2. The molecule has 0 bridgehead atoms. The molecule has 0 aliphatic carbocycles. The molecule has 2 fully saturated rings. The number of carbonyl (C=O) groups excluding carboxylic acids is 1. The maximum absolute atomic E-state index is 11.7. The van der Waals surface area contributed by atoms with Crippen molar-refractivity contribution in [1.82, 2.24) is 9.80 Å². The van der Waals surface area contributed by atoms with Crippen LogP contribution in [0.5, 0.6) is 0 Å². The van der Waals surface area contributed by atoms with Crippen LogP contribution in [0.3, 0.4) is 0 Å². The van der Waals surface area contributed by atoms with E-state index in [1.165, 1.54) is 0 Å². The SMILES string of the molecule is CC(=O)N1CCOCC2(CN(Cc3ccoc3)CCO2)C1. The zero-order chi connectivity index (χ0) is 14.7. The number of morpholine rings is 1. The summed E-state index contributed by atoms with van der Waals surface area (Å²) >= 11 is 0. The minimum Gasteiger partial charge on any atom is -0.472 e. The second kappa shape index (κ2) is 6.17. The standard InChI is InChI=1S/C15H22N2O4/c1-13(18)17-4-6-20-12-15(11-17)10-16(3-7-21-15)8-14-2-5-19-9-14/h2,5,9H,3-4,6-8,10-12H2,1H3. The third-order valence-corrected chi connectivity index (χ3v) is 4.11. The Hall–Kier alpha value is -1.37. The van der Waals surface area contributed by atoms with Crippen molar-refractivity contribution >= 4 is 5.91 Å². The van der Waals surface area contributed by atoms with Crippen molar-refractivity contribution in [2.45, 2.75) is 19.1 Å². The molecular weight excluding hydrogens is 272 g/mol. The van der Waals surface area contributed by atoms with Gasteiger partial charge in [-0.3, -0.25) is 9.69 Å². The molecule has 0 N–H and O–H groups in total. The quantitative estimate of drug-likeness (QED) is 0.805. The lowest BCUT2D eigenvalue weighted by Gasteiger charge is -2.43. The predicted molar refractivity (Wildman–Crippen MR) is 75.7 cm³/mol. The Kier molecular flexibility index (Phi) is 4.28. The Morgan fingerprint density at radius 3 is 3.00 bits per heavy atom. The number of carbonyl (C=O) groups is 1. The van der Waals surface area contributed by atoms with E-state index in [0.717, 1.165) is 25.2 Å². The maximum atomic E-state index is 11.7. The summed E-state index contributed by atoms with van der Waals surface area (Å²) in [6, 6.07) is 1.98. The van der Waals surface area contributed by atoms with Crippen LogP contribution in [0.1, 0.15) is 12.5 Å². The van der Waals surface area contributed by atoms with Gasteiger partial charge in [-0.15, -0.1) is 0 Å². The third-order valence-electron chi connectivity index (χ3n) is 4.11. The summed E-state index contributed by atoms with van der Waals surface area (Å²) in [5.74, 6) is 0.0791. The molecule has 6 heteroatoms. The number of nitrogens with zero attached hydrogens (tertiary/aromatic N) is 2. The highest BCUT2D eigenvalue weighted by Crippen LogP contribution is 2.24. The van der Waals surface area contributed by atoms with Crippen LogP contribution in [0.4, 0.5) is 0 Å². The lowest BCUT2D eigenvalue weighted by molar-refractivity contribution is -0.151. The van der Waals surface area contributed by atoms with E-state index in [9.17, 15) is 4.79 Å². The van der Waals surface area contributed by atoms with E-state index >= 15 is 0 Å². The minimum atomic E-state index is -0.413. The van der Waals surface area contributed by atoms with Gasteiger partial charge in [-0.05, 0) is 6.07 Å². The highest BCUT2D eigenvalue weighted by atomic mass is 16.5. The molecule has 0 saturated carbocycles. The average molecular weight is 294 g/mol. The normalized spacial score (nSPS) is 27.8. The molecule has 0 aromatic carbocycles. The molecule has 1 amide bonds. The molecule has 116 valence electrons. The van der Waals surface area contributed by atoms with Gasteiger partial charge >= 0.3 is 0 Å². The molecule has 21 heavy (non-hydrogen) atoms. The van der Waals surface area contributed by atoms with E-state index in [0.29, 0.717) is 32.9 Å². The summed E-state index contributed by atoms with van der Waals surface area (Å²) in [5, 5.41) is 0. The van der Waals surface area contributed by atoms with Gasteiger partial charge in [0.25, 0.3) is 0 Å². The first-order chi connectivity index (χ1) is 10.2. The summed E-state index contributed by atoms with van der Waals surface area (Å²) in [7, 11) is 0. The van der Waals surface area contributed by atoms with Gasteiger partial charge in [0.05, 0.1) is 38.9 Å². The number of furan rings is 1. The van der Waals surface area contributed by atoms with Crippen molar-refractivity contribution in [2.24, 2.45) is 0 Å². The molecule has 0 radical (unpaired) electrons. The summed E-state index contributed by atoms with van der Waals surface area (Å²) < 4.78 is 16.8. The Balaban J connectivity index is 1.69. The molecular formula is C15H22N2O4. The van der Waals surface area contributed by atoms with Crippen molar-refractivity contribution in [3.8, 4) is 0 Å². The molecule has 1 atom stereocenters. The highest BCUT2D eigenvalue weighted by molar-refractivity contribution is 5.73. The van der Waals surface area contributed by atoms with Gasteiger partial charge in [-0.2, -0.15) is 0 Å². The van der Waals surface area contributed by atoms with Crippen LogP contribution in [0, 0.1) is 0 Å². The van der Waals surface area contributed by atoms with Gasteiger partial charge in [-0.1, -0.05) is 0 Å². The first kappa shape index (κ1) is 14.6. The summed E-state index contributed by atoms with van der Waals surface area (Å²) in [6.07, 6.45) is 3.46. The zero-order valence-corrected chi connectivity index (χ0v) is 12.4. The second-order valence-corrected chi connectivity index (χ2v) is 5.87. The summed E-state index contributed by atoms with van der Waals surface area (Å²) in [4.78, 5) is 15.9. The molecule has 2 saturated heterocycles. The number of ether oxygens (including phenoxy) is 2. The zero-order valence-electron chi connectivity index (χ0n) is 12.4. The van der Waals surface area contributed by atoms with Crippen LogP contribution in [0.2, 0.25) is 0 Å². The van der Waals surface area contributed by atoms with Gasteiger partial charge in [0.2, 0.25) is 5.91 Å². The van der Waals surface area contributed by atoms with Crippen LogP contribution >= 0.6 is 0 Å². The van der Waals surface area contributed by atoms with Crippen LogP contribution in [0.15, 0.2) is 23.0 Å². The predicted octanol–water partition coefficient (Wildman–Crippen LogP) is 0.729. The summed E-state index contributed by atoms with van der Waals surface area (Å²) in [6.45, 7) is 7.10. The molecule has 3 heterocycles. The van der Waals surface area contributed by atoms with Gasteiger partial charge in [-0.25, -0.2) is 0 Å². The maximum Gasteiger partial charge on any atom is 0.219 e. The minimum absolute atomic E-state index is 0.0791. The van der Waals surface area contributed by atoms with Crippen molar-refractivity contribution in [1.29, 1.82) is 0 Å². The molecule has 1 unspecified atom stereocenters. The Labute approximate surface area is 124 Å². The van der Waals surface area contributed by atoms with E-state index < -0.39 is 5.60 Å². The Morgan fingerprint density at radius 2 is 2.24 bits per heavy atom. The van der Waals surface area contributed by atoms with E-state index in [-0.39, 0.29) is 5.91 Å². The third kappa shape index (κ3) is 3.45. The van der Waals surface area contributed by atoms with Crippen LogP contribution in [-0.4, -0.2) is 67.3 Å². The topological polar surface area (TPSA) is 55.2 Å².